The summed E-state index contributed by atoms with van der Waals surface area (Å²) in [5.74, 6) is 0. The molecule has 0 amide bonds. The maximum Gasteiger partial charge on any atom is 0.0343 e. The summed E-state index contributed by atoms with van der Waals surface area (Å²) in [7, 11) is 1.94. The summed E-state index contributed by atoms with van der Waals surface area (Å²) in [6.45, 7) is 8.08. The van der Waals surface area contributed by atoms with Gasteiger partial charge in [-0.2, -0.15) is 0 Å². The normalized spacial score (nSPS) is 11.3. The quantitative estimate of drug-likeness (QED) is 0.723. The standard InChI is InChI=1S/C14H19N/c1-11(2)8-9-12(3)13-6-5-7-14(10-13)15-4/h5-7,9-10,15H,1,8H2,2-4H3/b12-9+. The molecule has 1 N–H and O–H groups in total. The highest BCUT2D eigenvalue weighted by Gasteiger charge is 1.96. The van der Waals surface area contributed by atoms with Crippen LogP contribution in [0, 0.1) is 0 Å². The fourth-order valence-corrected chi connectivity index (χ4v) is 1.37. The Labute approximate surface area is 92.5 Å². The molecule has 0 fully saturated rings. The van der Waals surface area contributed by atoms with Crippen molar-refractivity contribution in [2.24, 2.45) is 0 Å². The monoisotopic (exact) mass is 201 g/mol. The van der Waals surface area contributed by atoms with Crippen LogP contribution in [0.15, 0.2) is 42.5 Å². The Morgan fingerprint density at radius 3 is 2.73 bits per heavy atom. The molecule has 1 rings (SSSR count). The van der Waals surface area contributed by atoms with Crippen LogP contribution in [0.1, 0.15) is 25.8 Å². The molecular formula is C14H19N. The molecule has 0 saturated heterocycles. The molecule has 80 valence electrons. The number of allylic oxidation sites excluding steroid dienone is 3. The Kier molecular flexibility index (Phi) is 4.17. The van der Waals surface area contributed by atoms with E-state index in [4.69, 9.17) is 0 Å². The lowest BCUT2D eigenvalue weighted by atomic mass is 10.0. The molecule has 0 aromatic heterocycles. The van der Waals surface area contributed by atoms with Crippen LogP contribution in [0.25, 0.3) is 5.57 Å². The van der Waals surface area contributed by atoms with Gasteiger partial charge in [0.25, 0.3) is 0 Å². The molecule has 0 spiro atoms. The molecule has 1 aromatic carbocycles. The Balaban J connectivity index is 2.85. The zero-order chi connectivity index (χ0) is 11.3. The van der Waals surface area contributed by atoms with E-state index in [1.54, 1.807) is 0 Å². The average Bonchev–Trinajstić information content (AvgIpc) is 2.26. The van der Waals surface area contributed by atoms with Crippen LogP contribution >= 0.6 is 0 Å². The van der Waals surface area contributed by atoms with E-state index in [0.29, 0.717) is 0 Å². The van der Waals surface area contributed by atoms with Gasteiger partial charge >= 0.3 is 0 Å². The van der Waals surface area contributed by atoms with Crippen molar-refractivity contribution in [2.45, 2.75) is 20.3 Å². The van der Waals surface area contributed by atoms with Gasteiger partial charge in [0, 0.05) is 12.7 Å². The van der Waals surface area contributed by atoms with Crippen LogP contribution in [0.2, 0.25) is 0 Å². The molecule has 0 aliphatic heterocycles. The first-order valence-corrected chi connectivity index (χ1v) is 5.23. The molecular weight excluding hydrogens is 182 g/mol. The maximum atomic E-state index is 3.90. The third kappa shape index (κ3) is 3.62. The number of hydrogen-bond donors (Lipinski definition) is 1. The molecule has 1 heteroatoms. The fourth-order valence-electron chi connectivity index (χ4n) is 1.37. The van der Waals surface area contributed by atoms with Gasteiger partial charge in [-0.1, -0.05) is 30.4 Å². The molecule has 0 atom stereocenters. The molecule has 15 heavy (non-hydrogen) atoms. The molecule has 0 aliphatic carbocycles. The molecule has 1 nitrogen and oxygen atoms in total. The van der Waals surface area contributed by atoms with Crippen LogP contribution in [0.4, 0.5) is 5.69 Å². The number of rotatable bonds is 4. The van der Waals surface area contributed by atoms with E-state index in [-0.39, 0.29) is 0 Å². The molecule has 0 radical (unpaired) electrons. The van der Waals surface area contributed by atoms with Gasteiger partial charge < -0.3 is 5.32 Å². The van der Waals surface area contributed by atoms with Crippen LogP contribution in [-0.2, 0) is 0 Å². The minimum absolute atomic E-state index is 0.954. The Hall–Kier alpha value is -1.50. The predicted octanol–water partition coefficient (Wildman–Crippen LogP) is 4.10. The second kappa shape index (κ2) is 5.40. The average molecular weight is 201 g/mol. The van der Waals surface area contributed by atoms with Crippen molar-refractivity contribution < 1.29 is 0 Å². The van der Waals surface area contributed by atoms with Gasteiger partial charge in [0.05, 0.1) is 0 Å². The summed E-state index contributed by atoms with van der Waals surface area (Å²) in [4.78, 5) is 0. The third-order valence-corrected chi connectivity index (χ3v) is 2.36. The van der Waals surface area contributed by atoms with Gasteiger partial charge in [-0.15, -0.1) is 0 Å². The van der Waals surface area contributed by atoms with Gasteiger partial charge in [-0.3, -0.25) is 0 Å². The second-order valence-electron chi connectivity index (χ2n) is 3.88. The van der Waals surface area contributed by atoms with E-state index in [1.165, 1.54) is 16.7 Å². The van der Waals surface area contributed by atoms with Crippen molar-refractivity contribution in [2.75, 3.05) is 12.4 Å². The summed E-state index contributed by atoms with van der Waals surface area (Å²) < 4.78 is 0. The van der Waals surface area contributed by atoms with E-state index in [0.717, 1.165) is 12.1 Å². The van der Waals surface area contributed by atoms with E-state index >= 15 is 0 Å². The molecule has 0 bridgehead atoms. The number of nitrogens with one attached hydrogen (secondary N) is 1. The van der Waals surface area contributed by atoms with Crippen molar-refractivity contribution in [1.29, 1.82) is 0 Å². The zero-order valence-corrected chi connectivity index (χ0v) is 9.80. The third-order valence-electron chi connectivity index (χ3n) is 2.36. The smallest absolute Gasteiger partial charge is 0.0343 e. The van der Waals surface area contributed by atoms with Gasteiger partial charge in [-0.25, -0.2) is 0 Å². The van der Waals surface area contributed by atoms with E-state index < -0.39 is 0 Å². The lowest BCUT2D eigenvalue weighted by Crippen LogP contribution is -1.88. The highest BCUT2D eigenvalue weighted by Crippen LogP contribution is 2.19. The summed E-state index contributed by atoms with van der Waals surface area (Å²) in [6.07, 6.45) is 3.17. The largest absolute Gasteiger partial charge is 0.388 e. The molecule has 0 unspecified atom stereocenters. The van der Waals surface area contributed by atoms with Crippen molar-refractivity contribution in [3.8, 4) is 0 Å². The second-order valence-corrected chi connectivity index (χ2v) is 3.88. The minimum atomic E-state index is 0.954. The molecule has 0 saturated carbocycles. The predicted molar refractivity (Wildman–Crippen MR) is 69.1 cm³/mol. The van der Waals surface area contributed by atoms with E-state index in [1.807, 2.05) is 14.0 Å². The van der Waals surface area contributed by atoms with Crippen LogP contribution in [0.3, 0.4) is 0 Å². The minimum Gasteiger partial charge on any atom is -0.388 e. The lowest BCUT2D eigenvalue weighted by molar-refractivity contribution is 1.22. The summed E-state index contributed by atoms with van der Waals surface area (Å²) in [6, 6.07) is 8.42. The molecule has 0 heterocycles. The lowest BCUT2D eigenvalue weighted by Gasteiger charge is -2.05. The highest BCUT2D eigenvalue weighted by atomic mass is 14.8. The summed E-state index contributed by atoms with van der Waals surface area (Å²) >= 11 is 0. The van der Waals surface area contributed by atoms with Crippen molar-refractivity contribution >= 4 is 11.3 Å². The van der Waals surface area contributed by atoms with Gasteiger partial charge in [0.2, 0.25) is 0 Å². The number of anilines is 1. The Bertz CT molecular complexity index is 375. The van der Waals surface area contributed by atoms with Crippen molar-refractivity contribution in [3.63, 3.8) is 0 Å². The van der Waals surface area contributed by atoms with Gasteiger partial charge in [-0.05, 0) is 43.5 Å². The van der Waals surface area contributed by atoms with Gasteiger partial charge in [0.15, 0.2) is 0 Å². The molecule has 1 aromatic rings. The SMILES string of the molecule is C=C(C)C/C=C(\C)c1cccc(NC)c1. The zero-order valence-electron chi connectivity index (χ0n) is 9.80. The summed E-state index contributed by atoms with van der Waals surface area (Å²) in [5.41, 5.74) is 4.91. The number of hydrogen-bond acceptors (Lipinski definition) is 1. The van der Waals surface area contributed by atoms with E-state index in [2.05, 4.69) is 49.2 Å². The van der Waals surface area contributed by atoms with E-state index in [9.17, 15) is 0 Å². The van der Waals surface area contributed by atoms with Gasteiger partial charge in [0.1, 0.15) is 0 Å². The fraction of sp³-hybridized carbons (Fsp3) is 0.286. The maximum absolute atomic E-state index is 3.90. The Morgan fingerprint density at radius 2 is 2.13 bits per heavy atom. The number of benzene rings is 1. The van der Waals surface area contributed by atoms with Crippen molar-refractivity contribution in [3.05, 3.63) is 48.1 Å². The molecule has 0 aliphatic rings. The first-order chi connectivity index (χ1) is 7.13. The Morgan fingerprint density at radius 1 is 1.40 bits per heavy atom. The first kappa shape index (κ1) is 11.6. The van der Waals surface area contributed by atoms with Crippen LogP contribution < -0.4 is 5.32 Å². The van der Waals surface area contributed by atoms with Crippen LogP contribution in [0.5, 0.6) is 0 Å². The van der Waals surface area contributed by atoms with Crippen LogP contribution in [-0.4, -0.2) is 7.05 Å². The first-order valence-electron chi connectivity index (χ1n) is 5.23. The topological polar surface area (TPSA) is 12.0 Å². The van der Waals surface area contributed by atoms with Crippen molar-refractivity contribution in [1.82, 2.24) is 0 Å². The summed E-state index contributed by atoms with van der Waals surface area (Å²) in [5, 5.41) is 3.14. The highest BCUT2D eigenvalue weighted by molar-refractivity contribution is 5.67.